The molecule has 8 nitrogen and oxygen atoms in total. The van der Waals surface area contributed by atoms with Gasteiger partial charge in [-0.2, -0.15) is 0 Å². The van der Waals surface area contributed by atoms with Gasteiger partial charge in [-0.05, 0) is 20.8 Å². The van der Waals surface area contributed by atoms with Gasteiger partial charge in [-0.1, -0.05) is 0 Å². The molecular weight excluding hydrogens is 276 g/mol. The lowest BCUT2D eigenvalue weighted by Gasteiger charge is -2.36. The third-order valence-electron chi connectivity index (χ3n) is 3.07. The van der Waals surface area contributed by atoms with Crippen LogP contribution >= 0.6 is 0 Å². The molecule has 0 saturated carbocycles. The van der Waals surface area contributed by atoms with Crippen molar-refractivity contribution in [2.45, 2.75) is 26.4 Å². The van der Waals surface area contributed by atoms with Crippen LogP contribution in [0.1, 0.15) is 20.8 Å². The molecule has 1 fully saturated rings. The second-order valence-corrected chi connectivity index (χ2v) is 5.91. The first-order valence-corrected chi connectivity index (χ1v) is 6.81. The fourth-order valence-corrected chi connectivity index (χ4v) is 2.09. The number of ether oxygens (including phenoxy) is 1. The highest BCUT2D eigenvalue weighted by Gasteiger charge is 2.26. The summed E-state index contributed by atoms with van der Waals surface area (Å²) in [6.45, 7) is 7.41. The van der Waals surface area contributed by atoms with Crippen LogP contribution in [0, 0.1) is 0 Å². The van der Waals surface area contributed by atoms with Gasteiger partial charge in [0.15, 0.2) is 0 Å². The Labute approximate surface area is 121 Å². The third-order valence-corrected chi connectivity index (χ3v) is 3.07. The summed E-state index contributed by atoms with van der Waals surface area (Å²) in [4.78, 5) is 42.7. The lowest BCUT2D eigenvalue weighted by molar-refractivity contribution is 0.0240. The second-order valence-electron chi connectivity index (χ2n) is 5.91. The van der Waals surface area contributed by atoms with E-state index in [4.69, 9.17) is 4.74 Å². The molecule has 0 spiro atoms. The molecule has 8 heteroatoms. The van der Waals surface area contributed by atoms with Gasteiger partial charge >= 0.3 is 11.8 Å². The number of carbonyl (C=O) groups is 1. The molecule has 1 aliphatic rings. The number of piperazine rings is 1. The number of nitrogens with one attached hydrogen (secondary N) is 2. The molecule has 0 radical (unpaired) electrons. The Morgan fingerprint density at radius 1 is 1.19 bits per heavy atom. The molecule has 1 aliphatic heterocycles. The first-order valence-electron chi connectivity index (χ1n) is 6.81. The Balaban J connectivity index is 1.99. The highest BCUT2D eigenvalue weighted by Crippen LogP contribution is 2.13. The van der Waals surface area contributed by atoms with E-state index in [1.807, 2.05) is 25.7 Å². The van der Waals surface area contributed by atoms with Gasteiger partial charge in [-0.25, -0.2) is 9.59 Å². The van der Waals surface area contributed by atoms with Crippen molar-refractivity contribution in [1.29, 1.82) is 0 Å². The number of rotatable bonds is 1. The first kappa shape index (κ1) is 15.1. The van der Waals surface area contributed by atoms with Crippen LogP contribution in [-0.4, -0.2) is 52.7 Å². The summed E-state index contributed by atoms with van der Waals surface area (Å²) < 4.78 is 5.31. The Morgan fingerprint density at radius 2 is 1.81 bits per heavy atom. The molecule has 1 saturated heterocycles. The van der Waals surface area contributed by atoms with E-state index in [1.54, 1.807) is 4.90 Å². The maximum absolute atomic E-state index is 11.9. The average Bonchev–Trinajstić information content (AvgIpc) is 2.37. The fourth-order valence-electron chi connectivity index (χ4n) is 2.09. The number of H-pyrrole nitrogens is 2. The van der Waals surface area contributed by atoms with Gasteiger partial charge in [-0.3, -0.25) is 9.78 Å². The van der Waals surface area contributed by atoms with Gasteiger partial charge in [0.05, 0.1) is 0 Å². The quantitative estimate of drug-likeness (QED) is 0.767. The lowest BCUT2D eigenvalue weighted by Crippen LogP contribution is -2.51. The van der Waals surface area contributed by atoms with E-state index in [2.05, 4.69) is 9.97 Å². The highest BCUT2D eigenvalue weighted by atomic mass is 16.6. The minimum Gasteiger partial charge on any atom is -0.444 e. The molecule has 0 bridgehead atoms. The van der Waals surface area contributed by atoms with Crippen LogP contribution in [0.4, 0.5) is 10.5 Å². The van der Waals surface area contributed by atoms with Crippen LogP contribution in [-0.2, 0) is 4.74 Å². The van der Waals surface area contributed by atoms with Crippen molar-refractivity contribution in [3.63, 3.8) is 0 Å². The summed E-state index contributed by atoms with van der Waals surface area (Å²) >= 11 is 0. The molecule has 116 valence electrons. The molecule has 2 rings (SSSR count). The number of hydrogen-bond acceptors (Lipinski definition) is 5. The van der Waals surface area contributed by atoms with Crippen LogP contribution < -0.4 is 16.1 Å². The Bertz CT molecular complexity index is 620. The molecule has 2 N–H and O–H groups in total. The Kier molecular flexibility index (Phi) is 4.06. The van der Waals surface area contributed by atoms with Crippen LogP contribution in [0.15, 0.2) is 15.8 Å². The summed E-state index contributed by atoms with van der Waals surface area (Å²) in [6.07, 6.45) is 1.04. The minimum atomic E-state index is -0.531. The Hall–Kier alpha value is -2.25. The van der Waals surface area contributed by atoms with E-state index in [-0.39, 0.29) is 6.09 Å². The summed E-state index contributed by atoms with van der Waals surface area (Å²) in [5.74, 6) is 0. The maximum atomic E-state index is 11.9. The lowest BCUT2D eigenvalue weighted by atomic mass is 10.2. The predicted octanol–water partition coefficient (Wildman–Crippen LogP) is 0.120. The first-order chi connectivity index (χ1) is 9.76. The van der Waals surface area contributed by atoms with Gasteiger partial charge in [0.25, 0.3) is 5.56 Å². The summed E-state index contributed by atoms with van der Waals surface area (Å²) in [5.41, 5.74) is -1.08. The van der Waals surface area contributed by atoms with Crippen LogP contribution in [0.25, 0.3) is 0 Å². The second kappa shape index (κ2) is 5.63. The van der Waals surface area contributed by atoms with Crippen LogP contribution in [0.5, 0.6) is 0 Å². The molecule has 1 aromatic rings. The highest BCUT2D eigenvalue weighted by molar-refractivity contribution is 5.68. The smallest absolute Gasteiger partial charge is 0.410 e. The third kappa shape index (κ3) is 3.87. The average molecular weight is 296 g/mol. The van der Waals surface area contributed by atoms with Crippen molar-refractivity contribution in [3.05, 3.63) is 27.0 Å². The molecule has 0 atom stereocenters. The SMILES string of the molecule is CC(C)(C)OC(=O)N1CCN(c2c[nH]c(=O)[nH]c2=O)CC1. The van der Waals surface area contributed by atoms with Crippen LogP contribution in [0.2, 0.25) is 0 Å². The van der Waals surface area contributed by atoms with Crippen molar-refractivity contribution in [2.24, 2.45) is 0 Å². The van der Waals surface area contributed by atoms with Crippen molar-refractivity contribution < 1.29 is 9.53 Å². The van der Waals surface area contributed by atoms with Gasteiger partial charge < -0.3 is 19.5 Å². The number of anilines is 1. The van der Waals surface area contributed by atoms with Crippen molar-refractivity contribution in [3.8, 4) is 0 Å². The van der Waals surface area contributed by atoms with Gasteiger partial charge in [-0.15, -0.1) is 0 Å². The molecule has 21 heavy (non-hydrogen) atoms. The summed E-state index contributed by atoms with van der Waals surface area (Å²) in [6, 6.07) is 0. The number of amides is 1. The monoisotopic (exact) mass is 296 g/mol. The van der Waals surface area contributed by atoms with Crippen molar-refractivity contribution in [1.82, 2.24) is 14.9 Å². The Morgan fingerprint density at radius 3 is 2.33 bits per heavy atom. The zero-order valence-electron chi connectivity index (χ0n) is 12.4. The predicted molar refractivity (Wildman–Crippen MR) is 77.7 cm³/mol. The molecule has 0 aliphatic carbocycles. The summed E-state index contributed by atoms with van der Waals surface area (Å²) in [5, 5.41) is 0. The largest absolute Gasteiger partial charge is 0.444 e. The van der Waals surface area contributed by atoms with E-state index >= 15 is 0 Å². The van der Waals surface area contributed by atoms with Crippen molar-refractivity contribution >= 4 is 11.8 Å². The fraction of sp³-hybridized carbons (Fsp3) is 0.615. The number of aromatic nitrogens is 2. The van der Waals surface area contributed by atoms with Gasteiger partial charge in [0.1, 0.15) is 11.3 Å². The van der Waals surface area contributed by atoms with Crippen molar-refractivity contribution in [2.75, 3.05) is 31.1 Å². The number of nitrogens with zero attached hydrogens (tertiary/aromatic N) is 2. The standard InChI is InChI=1S/C13H20N4O4/c1-13(2,3)21-12(20)17-6-4-16(5-7-17)9-8-14-11(19)15-10(9)18/h8H,4-7H2,1-3H3,(H2,14,15,18,19). The van der Waals surface area contributed by atoms with Gasteiger partial charge in [0.2, 0.25) is 0 Å². The molecule has 1 aromatic heterocycles. The topological polar surface area (TPSA) is 98.5 Å². The van der Waals surface area contributed by atoms with E-state index in [0.717, 1.165) is 0 Å². The van der Waals surface area contributed by atoms with E-state index in [9.17, 15) is 14.4 Å². The minimum absolute atomic E-state index is 0.350. The molecular formula is C13H20N4O4. The number of aromatic amines is 2. The van der Waals surface area contributed by atoms with E-state index in [1.165, 1.54) is 6.20 Å². The molecule has 2 heterocycles. The number of carbonyl (C=O) groups excluding carboxylic acids is 1. The van der Waals surface area contributed by atoms with Gasteiger partial charge in [0, 0.05) is 32.4 Å². The molecule has 0 aromatic carbocycles. The summed E-state index contributed by atoms with van der Waals surface area (Å²) in [7, 11) is 0. The number of hydrogen-bond donors (Lipinski definition) is 2. The maximum Gasteiger partial charge on any atom is 0.410 e. The van der Waals surface area contributed by atoms with E-state index < -0.39 is 16.9 Å². The molecule has 0 unspecified atom stereocenters. The van der Waals surface area contributed by atoms with Crippen LogP contribution in [0.3, 0.4) is 0 Å². The molecule has 1 amide bonds. The van der Waals surface area contributed by atoms with E-state index in [0.29, 0.717) is 31.9 Å². The normalized spacial score (nSPS) is 16.0. The zero-order valence-corrected chi connectivity index (χ0v) is 12.4. The zero-order chi connectivity index (χ0) is 15.6.